The van der Waals surface area contributed by atoms with Gasteiger partial charge in [0.1, 0.15) is 11.5 Å². The molecule has 0 saturated heterocycles. The molecule has 0 aliphatic carbocycles. The lowest BCUT2D eigenvalue weighted by atomic mass is 10.1. The molecule has 0 spiro atoms. The fraction of sp³-hybridized carbons (Fsp3) is 0.200. The van der Waals surface area contributed by atoms with Crippen molar-refractivity contribution in [2.45, 2.75) is 13.3 Å². The average molecular weight is 385 g/mol. The largest absolute Gasteiger partial charge is 0.457 e. The molecule has 0 radical (unpaired) electrons. The van der Waals surface area contributed by atoms with Gasteiger partial charge in [0, 0.05) is 8.95 Å². The smallest absolute Gasteiger partial charge is 0.128 e. The van der Waals surface area contributed by atoms with Gasteiger partial charge in [-0.15, -0.1) is 0 Å². The maximum absolute atomic E-state index is 5.85. The minimum atomic E-state index is 0.644. The van der Waals surface area contributed by atoms with E-state index >= 15 is 0 Å². The van der Waals surface area contributed by atoms with E-state index in [1.54, 1.807) is 0 Å². The normalized spacial score (nSPS) is 10.5. The summed E-state index contributed by atoms with van der Waals surface area (Å²) in [7, 11) is 0. The fourth-order valence-electron chi connectivity index (χ4n) is 1.77. The Kier molecular flexibility index (Phi) is 5.02. The van der Waals surface area contributed by atoms with Crippen LogP contribution in [0, 0.1) is 6.92 Å². The zero-order valence-corrected chi connectivity index (χ0v) is 13.8. The lowest BCUT2D eigenvalue weighted by Crippen LogP contribution is -2.03. The van der Waals surface area contributed by atoms with Crippen LogP contribution in [0.15, 0.2) is 45.3 Å². The molecule has 2 N–H and O–H groups in total. The third-order valence-corrected chi connectivity index (χ3v) is 4.43. The van der Waals surface area contributed by atoms with Crippen LogP contribution in [0.3, 0.4) is 0 Å². The van der Waals surface area contributed by atoms with E-state index in [0.717, 1.165) is 32.4 Å². The van der Waals surface area contributed by atoms with Gasteiger partial charge in [-0.3, -0.25) is 0 Å². The molecule has 0 heterocycles. The van der Waals surface area contributed by atoms with Gasteiger partial charge in [0.05, 0.1) is 0 Å². The molecule has 2 aromatic carbocycles. The molecule has 0 aliphatic heterocycles. The summed E-state index contributed by atoms with van der Waals surface area (Å²) in [5, 5.41) is 0. The van der Waals surface area contributed by atoms with E-state index in [1.807, 2.05) is 43.3 Å². The first-order valence-corrected chi connectivity index (χ1v) is 7.61. The van der Waals surface area contributed by atoms with Crippen LogP contribution in [0.4, 0.5) is 0 Å². The molecule has 0 amide bonds. The first-order valence-electron chi connectivity index (χ1n) is 6.02. The van der Waals surface area contributed by atoms with Gasteiger partial charge in [-0.05, 0) is 61.3 Å². The topological polar surface area (TPSA) is 35.2 Å². The number of halogens is 2. The number of aryl methyl sites for hydroxylation is 1. The number of rotatable bonds is 4. The molecule has 0 aliphatic rings. The highest BCUT2D eigenvalue weighted by Crippen LogP contribution is 2.29. The van der Waals surface area contributed by atoms with Crippen molar-refractivity contribution in [1.82, 2.24) is 0 Å². The van der Waals surface area contributed by atoms with Crippen LogP contribution in [0.5, 0.6) is 11.5 Å². The quantitative estimate of drug-likeness (QED) is 0.820. The predicted molar refractivity (Wildman–Crippen MR) is 85.9 cm³/mol. The Morgan fingerprint density at radius 1 is 1.00 bits per heavy atom. The number of benzene rings is 2. The van der Waals surface area contributed by atoms with Gasteiger partial charge in [0.2, 0.25) is 0 Å². The summed E-state index contributed by atoms with van der Waals surface area (Å²) in [5.74, 6) is 1.65. The van der Waals surface area contributed by atoms with Crippen molar-refractivity contribution in [1.29, 1.82) is 0 Å². The van der Waals surface area contributed by atoms with Gasteiger partial charge in [-0.2, -0.15) is 0 Å². The summed E-state index contributed by atoms with van der Waals surface area (Å²) < 4.78 is 7.96. The van der Waals surface area contributed by atoms with E-state index in [4.69, 9.17) is 10.5 Å². The Labute approximate surface area is 130 Å². The van der Waals surface area contributed by atoms with Crippen LogP contribution < -0.4 is 10.5 Å². The Bertz CT molecular complexity index is 584. The maximum atomic E-state index is 5.85. The highest BCUT2D eigenvalue weighted by atomic mass is 79.9. The molecular weight excluding hydrogens is 370 g/mol. The summed E-state index contributed by atoms with van der Waals surface area (Å²) in [6, 6.07) is 11.9. The van der Waals surface area contributed by atoms with Crippen LogP contribution in [0.2, 0.25) is 0 Å². The summed E-state index contributed by atoms with van der Waals surface area (Å²) in [5.41, 5.74) is 7.91. The zero-order chi connectivity index (χ0) is 13.8. The third kappa shape index (κ3) is 3.81. The second kappa shape index (κ2) is 6.55. The Balaban J connectivity index is 2.19. The standard InChI is InChI=1S/C15H15Br2NO/c1-10-8-12(4-5-14(10)16)19-13-3-2-11(6-7-18)15(17)9-13/h2-5,8-9H,6-7,18H2,1H3. The average Bonchev–Trinajstić information content (AvgIpc) is 2.37. The van der Waals surface area contributed by atoms with Gasteiger partial charge >= 0.3 is 0 Å². The van der Waals surface area contributed by atoms with Crippen LogP contribution in [0.1, 0.15) is 11.1 Å². The molecule has 100 valence electrons. The van der Waals surface area contributed by atoms with E-state index in [9.17, 15) is 0 Å². The van der Waals surface area contributed by atoms with Gasteiger partial charge in [0.15, 0.2) is 0 Å². The van der Waals surface area contributed by atoms with Crippen LogP contribution >= 0.6 is 31.9 Å². The maximum Gasteiger partial charge on any atom is 0.128 e. The molecule has 0 unspecified atom stereocenters. The predicted octanol–water partition coefficient (Wildman–Crippen LogP) is 4.81. The lowest BCUT2D eigenvalue weighted by molar-refractivity contribution is 0.481. The van der Waals surface area contributed by atoms with Gasteiger partial charge in [-0.25, -0.2) is 0 Å². The Morgan fingerprint density at radius 3 is 2.32 bits per heavy atom. The van der Waals surface area contributed by atoms with Crippen molar-refractivity contribution in [3.05, 3.63) is 56.5 Å². The van der Waals surface area contributed by atoms with Crippen LogP contribution in [0.25, 0.3) is 0 Å². The SMILES string of the molecule is Cc1cc(Oc2ccc(CCN)c(Br)c2)ccc1Br. The highest BCUT2D eigenvalue weighted by molar-refractivity contribution is 9.10. The minimum absolute atomic E-state index is 0.644. The minimum Gasteiger partial charge on any atom is -0.457 e. The summed E-state index contributed by atoms with van der Waals surface area (Å²) in [4.78, 5) is 0. The Hall–Kier alpha value is -0.840. The van der Waals surface area contributed by atoms with Gasteiger partial charge in [0.25, 0.3) is 0 Å². The van der Waals surface area contributed by atoms with Crippen molar-refractivity contribution in [2.24, 2.45) is 5.73 Å². The highest BCUT2D eigenvalue weighted by Gasteiger charge is 2.04. The summed E-state index contributed by atoms with van der Waals surface area (Å²) in [6.45, 7) is 2.68. The van der Waals surface area contributed by atoms with Crippen molar-refractivity contribution in [3.63, 3.8) is 0 Å². The molecule has 4 heteroatoms. The molecule has 0 saturated carbocycles. The molecule has 2 aromatic rings. The molecule has 2 rings (SSSR count). The van der Waals surface area contributed by atoms with Crippen molar-refractivity contribution < 1.29 is 4.74 Å². The lowest BCUT2D eigenvalue weighted by Gasteiger charge is -2.09. The third-order valence-electron chi connectivity index (χ3n) is 2.80. The monoisotopic (exact) mass is 383 g/mol. The van der Waals surface area contributed by atoms with Crippen molar-refractivity contribution >= 4 is 31.9 Å². The number of hydrogen-bond acceptors (Lipinski definition) is 2. The van der Waals surface area contributed by atoms with Crippen LogP contribution in [-0.4, -0.2) is 6.54 Å². The number of ether oxygens (including phenoxy) is 1. The van der Waals surface area contributed by atoms with E-state index in [0.29, 0.717) is 6.54 Å². The number of nitrogens with two attached hydrogens (primary N) is 1. The Morgan fingerprint density at radius 2 is 1.68 bits per heavy atom. The van der Waals surface area contributed by atoms with Crippen molar-refractivity contribution in [2.75, 3.05) is 6.54 Å². The van der Waals surface area contributed by atoms with E-state index < -0.39 is 0 Å². The van der Waals surface area contributed by atoms with Crippen LogP contribution in [-0.2, 0) is 6.42 Å². The van der Waals surface area contributed by atoms with E-state index in [2.05, 4.69) is 31.9 Å². The molecule has 2 nitrogen and oxygen atoms in total. The molecule has 0 aromatic heterocycles. The zero-order valence-electron chi connectivity index (χ0n) is 10.6. The first-order chi connectivity index (χ1) is 9.10. The summed E-state index contributed by atoms with van der Waals surface area (Å²) in [6.07, 6.45) is 0.859. The second-order valence-corrected chi connectivity index (χ2v) is 6.01. The first kappa shape index (κ1) is 14.6. The molecule has 0 atom stereocenters. The van der Waals surface area contributed by atoms with E-state index in [1.165, 1.54) is 5.56 Å². The molecule has 19 heavy (non-hydrogen) atoms. The molecular formula is C15H15Br2NO. The van der Waals surface area contributed by atoms with Gasteiger partial charge in [-0.1, -0.05) is 37.9 Å². The fourth-order valence-corrected chi connectivity index (χ4v) is 2.57. The molecule has 0 fully saturated rings. The number of hydrogen-bond donors (Lipinski definition) is 1. The second-order valence-electron chi connectivity index (χ2n) is 4.30. The summed E-state index contributed by atoms with van der Waals surface area (Å²) >= 11 is 7.02. The van der Waals surface area contributed by atoms with Gasteiger partial charge < -0.3 is 10.5 Å². The molecule has 0 bridgehead atoms. The van der Waals surface area contributed by atoms with E-state index in [-0.39, 0.29) is 0 Å². The van der Waals surface area contributed by atoms with Crippen molar-refractivity contribution in [3.8, 4) is 11.5 Å².